The highest BCUT2D eigenvalue weighted by atomic mass is 32.2. The van der Waals surface area contributed by atoms with Crippen LogP contribution < -0.4 is 9.91 Å². The van der Waals surface area contributed by atoms with Crippen LogP contribution in [0.3, 0.4) is 0 Å². The van der Waals surface area contributed by atoms with Gasteiger partial charge in [0.2, 0.25) is 4.33 Å². The third-order valence-electron chi connectivity index (χ3n) is 5.69. The van der Waals surface area contributed by atoms with Gasteiger partial charge in [0.1, 0.15) is 5.04 Å². The van der Waals surface area contributed by atoms with Crippen molar-refractivity contribution in [2.45, 2.75) is 4.33 Å². The van der Waals surface area contributed by atoms with Crippen LogP contribution in [0.5, 0.6) is 0 Å². The zero-order valence-electron chi connectivity index (χ0n) is 19.1. The Morgan fingerprint density at radius 2 is 1.39 bits per heavy atom. The first-order valence-electron chi connectivity index (χ1n) is 11.4. The lowest BCUT2D eigenvalue weighted by Crippen LogP contribution is -2.51. The molecule has 0 saturated carbocycles. The molecule has 0 radical (unpaired) electrons. The molecule has 3 aromatic carbocycles. The Kier molecular flexibility index (Phi) is 6.27. The van der Waals surface area contributed by atoms with E-state index < -0.39 is 4.33 Å². The summed E-state index contributed by atoms with van der Waals surface area (Å²) in [7, 11) is 0. The molecule has 2 aliphatic heterocycles. The summed E-state index contributed by atoms with van der Waals surface area (Å²) in [4.78, 5) is 17.6. The summed E-state index contributed by atoms with van der Waals surface area (Å²) < 4.78 is -0.834. The largest absolute Gasteiger partial charge is 0.268 e. The van der Waals surface area contributed by atoms with Crippen LogP contribution in [-0.2, 0) is 4.79 Å². The molecule has 1 fully saturated rings. The molecule has 0 unspecified atom stereocenters. The monoisotopic (exact) mass is 523 g/mol. The first-order valence-corrected chi connectivity index (χ1v) is 13.9. The van der Waals surface area contributed by atoms with Gasteiger partial charge >= 0.3 is 0 Å². The normalized spacial score (nSPS) is 20.7. The SMILES string of the molecule is O=C1/C(=C/c2cccs2)S[C@]2(SC(/C=C/c3ccccc3)=NN2c2ccccc2)N1c1ccccc1. The van der Waals surface area contributed by atoms with Crippen molar-refractivity contribution in [3.05, 3.63) is 130 Å². The number of thioether (sulfide) groups is 2. The summed E-state index contributed by atoms with van der Waals surface area (Å²) in [6, 6.07) is 34.1. The molecule has 36 heavy (non-hydrogen) atoms. The van der Waals surface area contributed by atoms with Crippen LogP contribution in [0.15, 0.2) is 125 Å². The Labute approximate surface area is 222 Å². The molecule has 6 rings (SSSR count). The standard InChI is InChI=1S/C29H21N3OS3/c33-28-26(21-25-17-10-20-34-25)35-29(31(28)23-13-6-2-7-14-23)32(24-15-8-3-9-16-24)30-27(36-29)19-18-22-11-4-1-5-12-22/h1-21H/b19-18+,26-21-/t29-/m0/s1. The van der Waals surface area contributed by atoms with Gasteiger partial charge in [-0.15, -0.1) is 11.3 Å². The van der Waals surface area contributed by atoms with Gasteiger partial charge in [0.25, 0.3) is 5.91 Å². The minimum absolute atomic E-state index is 0.0310. The van der Waals surface area contributed by atoms with Gasteiger partial charge in [-0.3, -0.25) is 9.69 Å². The Morgan fingerprint density at radius 3 is 2.06 bits per heavy atom. The van der Waals surface area contributed by atoms with Crippen LogP contribution >= 0.6 is 34.9 Å². The Bertz CT molecular complexity index is 1450. The molecule has 1 spiro atoms. The fourth-order valence-electron chi connectivity index (χ4n) is 4.08. The van der Waals surface area contributed by atoms with Crippen LogP contribution in [0.2, 0.25) is 0 Å². The number of hydrogen-bond acceptors (Lipinski definition) is 6. The van der Waals surface area contributed by atoms with Gasteiger partial charge in [-0.1, -0.05) is 90.6 Å². The maximum atomic E-state index is 14.0. The van der Waals surface area contributed by atoms with E-state index in [2.05, 4.69) is 18.2 Å². The zero-order valence-corrected chi connectivity index (χ0v) is 21.5. The summed E-state index contributed by atoms with van der Waals surface area (Å²) in [5.41, 5.74) is 2.86. The molecular formula is C29H21N3OS3. The molecule has 7 heteroatoms. The number of hydrazone groups is 1. The first kappa shape index (κ1) is 22.9. The van der Waals surface area contributed by atoms with Gasteiger partial charge in [0.15, 0.2) is 0 Å². The lowest BCUT2D eigenvalue weighted by Gasteiger charge is -2.38. The molecule has 1 amide bonds. The summed E-state index contributed by atoms with van der Waals surface area (Å²) in [5.74, 6) is -0.0310. The minimum atomic E-state index is -0.834. The molecule has 4 aromatic rings. The molecule has 1 aromatic heterocycles. The van der Waals surface area contributed by atoms with Crippen molar-refractivity contribution >= 4 is 69.3 Å². The number of anilines is 2. The molecule has 176 valence electrons. The van der Waals surface area contributed by atoms with Crippen molar-refractivity contribution in [2.24, 2.45) is 5.10 Å². The number of hydrogen-bond donors (Lipinski definition) is 0. The molecular weight excluding hydrogens is 503 g/mol. The predicted molar refractivity (Wildman–Crippen MR) is 156 cm³/mol. The van der Waals surface area contributed by atoms with Gasteiger partial charge in [0.05, 0.1) is 10.6 Å². The van der Waals surface area contributed by atoms with Crippen LogP contribution in [0.1, 0.15) is 10.4 Å². The van der Waals surface area contributed by atoms with E-state index in [1.165, 1.54) is 0 Å². The topological polar surface area (TPSA) is 35.9 Å². The van der Waals surface area contributed by atoms with Crippen molar-refractivity contribution in [3.8, 4) is 0 Å². The van der Waals surface area contributed by atoms with E-state index in [0.717, 1.165) is 26.9 Å². The lowest BCUT2D eigenvalue weighted by molar-refractivity contribution is -0.114. The second-order valence-electron chi connectivity index (χ2n) is 8.08. The molecule has 0 bridgehead atoms. The van der Waals surface area contributed by atoms with Crippen molar-refractivity contribution < 1.29 is 4.79 Å². The van der Waals surface area contributed by atoms with Crippen molar-refractivity contribution in [3.63, 3.8) is 0 Å². The second-order valence-corrected chi connectivity index (χ2v) is 11.7. The second kappa shape index (κ2) is 9.85. The van der Waals surface area contributed by atoms with Crippen molar-refractivity contribution in [1.29, 1.82) is 0 Å². The molecule has 0 N–H and O–H groups in total. The quantitative estimate of drug-likeness (QED) is 0.251. The first-order chi connectivity index (χ1) is 17.7. The number of rotatable bonds is 5. The third-order valence-corrected chi connectivity index (χ3v) is 9.19. The predicted octanol–water partition coefficient (Wildman–Crippen LogP) is 7.76. The maximum Gasteiger partial charge on any atom is 0.268 e. The fourth-order valence-corrected chi connectivity index (χ4v) is 7.71. The third kappa shape index (κ3) is 4.30. The van der Waals surface area contributed by atoms with Gasteiger partial charge < -0.3 is 0 Å². The zero-order chi connectivity index (χ0) is 24.4. The number of thiophene rings is 1. The highest BCUT2D eigenvalue weighted by Crippen LogP contribution is 2.59. The molecule has 3 heterocycles. The number of carbonyl (C=O) groups excluding carboxylic acids is 1. The highest BCUT2D eigenvalue weighted by Gasteiger charge is 2.58. The number of nitrogens with zero attached hydrogens (tertiary/aromatic N) is 3. The van der Waals surface area contributed by atoms with E-state index in [1.807, 2.05) is 118 Å². The molecule has 1 saturated heterocycles. The number of benzene rings is 3. The van der Waals surface area contributed by atoms with Crippen LogP contribution in [0.25, 0.3) is 12.2 Å². The molecule has 4 nitrogen and oxygen atoms in total. The Balaban J connectivity index is 1.47. The number of para-hydroxylation sites is 2. The van der Waals surface area contributed by atoms with E-state index in [1.54, 1.807) is 34.9 Å². The van der Waals surface area contributed by atoms with Crippen LogP contribution in [-0.4, -0.2) is 15.3 Å². The Hall–Kier alpha value is -3.52. The van der Waals surface area contributed by atoms with Gasteiger partial charge in [-0.25, -0.2) is 5.01 Å². The molecule has 1 atom stereocenters. The van der Waals surface area contributed by atoms with Crippen LogP contribution in [0, 0.1) is 0 Å². The summed E-state index contributed by atoms with van der Waals surface area (Å²) in [5, 5.41) is 9.88. The van der Waals surface area contributed by atoms with E-state index in [9.17, 15) is 4.79 Å². The van der Waals surface area contributed by atoms with E-state index >= 15 is 0 Å². The highest BCUT2D eigenvalue weighted by molar-refractivity contribution is 8.28. The van der Waals surface area contributed by atoms with Crippen LogP contribution in [0.4, 0.5) is 11.4 Å². The average molecular weight is 524 g/mol. The summed E-state index contributed by atoms with van der Waals surface area (Å²) in [6.45, 7) is 0. The Morgan fingerprint density at radius 1 is 0.722 bits per heavy atom. The van der Waals surface area contributed by atoms with Gasteiger partial charge in [0, 0.05) is 10.6 Å². The average Bonchev–Trinajstić information content (AvgIpc) is 3.63. The van der Waals surface area contributed by atoms with E-state index in [-0.39, 0.29) is 5.91 Å². The van der Waals surface area contributed by atoms with Gasteiger partial charge in [-0.05, 0) is 65.2 Å². The smallest absolute Gasteiger partial charge is 0.268 e. The lowest BCUT2D eigenvalue weighted by atomic mass is 10.2. The summed E-state index contributed by atoms with van der Waals surface area (Å²) >= 11 is 4.75. The summed E-state index contributed by atoms with van der Waals surface area (Å²) in [6.07, 6.45) is 6.08. The van der Waals surface area contributed by atoms with E-state index in [0.29, 0.717) is 4.91 Å². The fraction of sp³-hybridized carbons (Fsp3) is 0.0345. The minimum Gasteiger partial charge on any atom is -0.268 e. The number of amides is 1. The van der Waals surface area contributed by atoms with E-state index in [4.69, 9.17) is 5.10 Å². The maximum absolute atomic E-state index is 14.0. The van der Waals surface area contributed by atoms with Gasteiger partial charge in [-0.2, -0.15) is 5.10 Å². The molecule has 0 aliphatic carbocycles. The van der Waals surface area contributed by atoms with Crippen molar-refractivity contribution in [1.82, 2.24) is 0 Å². The molecule has 2 aliphatic rings. The number of carbonyl (C=O) groups is 1. The van der Waals surface area contributed by atoms with Crippen molar-refractivity contribution in [2.75, 3.05) is 9.91 Å².